The summed E-state index contributed by atoms with van der Waals surface area (Å²) >= 11 is 0. The third kappa shape index (κ3) is 6.22. The van der Waals surface area contributed by atoms with Crippen molar-refractivity contribution in [1.82, 2.24) is 0 Å². The molecule has 1 unspecified atom stereocenters. The molecule has 0 heterocycles. The maximum atomic E-state index is 12.5. The van der Waals surface area contributed by atoms with Gasteiger partial charge in [-0.2, -0.15) is 0 Å². The lowest BCUT2D eigenvalue weighted by Crippen LogP contribution is -3.14. The Morgan fingerprint density at radius 2 is 1.41 bits per heavy atom. The van der Waals surface area contributed by atoms with Crippen molar-refractivity contribution in [1.29, 1.82) is 0 Å². The Hall–Kier alpha value is -2.66. The van der Waals surface area contributed by atoms with Crippen molar-refractivity contribution < 1.29 is 14.5 Å². The van der Waals surface area contributed by atoms with Gasteiger partial charge in [0.2, 0.25) is 0 Å². The summed E-state index contributed by atoms with van der Waals surface area (Å²) in [6, 6.07) is 15.2. The molecule has 144 valence electrons. The quantitative estimate of drug-likeness (QED) is 0.703. The third-order valence-electron chi connectivity index (χ3n) is 4.75. The Bertz CT molecular complexity index is 767. The summed E-state index contributed by atoms with van der Waals surface area (Å²) in [6.45, 7) is 8.31. The first-order chi connectivity index (χ1) is 12.8. The first-order valence-electron chi connectivity index (χ1n) is 9.36. The average Bonchev–Trinajstić information content (AvgIpc) is 2.63. The molecule has 0 aromatic heterocycles. The van der Waals surface area contributed by atoms with Crippen molar-refractivity contribution in [2.24, 2.45) is 0 Å². The number of aryl methyl sites for hydroxylation is 1. The van der Waals surface area contributed by atoms with Gasteiger partial charge in [0, 0.05) is 11.4 Å². The molecule has 2 aromatic rings. The highest BCUT2D eigenvalue weighted by Gasteiger charge is 2.24. The van der Waals surface area contributed by atoms with Crippen molar-refractivity contribution in [3.63, 3.8) is 0 Å². The highest BCUT2D eigenvalue weighted by molar-refractivity contribution is 5.94. The number of hydrogen-bond acceptors (Lipinski definition) is 2. The van der Waals surface area contributed by atoms with Gasteiger partial charge in [0.05, 0.1) is 7.05 Å². The van der Waals surface area contributed by atoms with Gasteiger partial charge in [-0.3, -0.25) is 9.59 Å². The molecule has 0 fully saturated rings. The first kappa shape index (κ1) is 20.6. The van der Waals surface area contributed by atoms with Gasteiger partial charge < -0.3 is 15.5 Å². The molecule has 0 saturated heterocycles. The molecule has 5 heteroatoms. The standard InChI is InChI=1S/C22H29N3O2/c1-15(2)18-8-12-20(13-9-18)24-22(27)17(4)25(5)14-21(26)23-19-10-6-16(3)7-11-19/h6-13,15,17H,14H2,1-5H3,(H,23,26)(H,24,27)/p+1/t17-/m1/s1. The van der Waals surface area contributed by atoms with Gasteiger partial charge in [0.25, 0.3) is 11.8 Å². The molecule has 2 amide bonds. The molecule has 2 rings (SSSR count). The van der Waals surface area contributed by atoms with E-state index in [1.54, 1.807) is 0 Å². The fourth-order valence-electron chi connectivity index (χ4n) is 2.67. The van der Waals surface area contributed by atoms with Crippen LogP contribution in [-0.4, -0.2) is 31.4 Å². The van der Waals surface area contributed by atoms with Crippen LogP contribution in [0, 0.1) is 6.92 Å². The zero-order valence-corrected chi connectivity index (χ0v) is 16.8. The molecule has 0 aliphatic carbocycles. The van der Waals surface area contributed by atoms with Crippen LogP contribution in [0.25, 0.3) is 0 Å². The van der Waals surface area contributed by atoms with Gasteiger partial charge in [-0.15, -0.1) is 0 Å². The van der Waals surface area contributed by atoms with E-state index in [4.69, 9.17) is 0 Å². The molecular weight excluding hydrogens is 338 g/mol. The van der Waals surface area contributed by atoms with E-state index in [2.05, 4.69) is 24.5 Å². The molecule has 0 radical (unpaired) electrons. The zero-order chi connectivity index (χ0) is 20.0. The summed E-state index contributed by atoms with van der Waals surface area (Å²) in [7, 11) is 1.85. The lowest BCUT2D eigenvalue weighted by molar-refractivity contribution is -0.885. The molecule has 0 spiro atoms. The molecule has 2 atom stereocenters. The second-order valence-electron chi connectivity index (χ2n) is 7.42. The summed E-state index contributed by atoms with van der Waals surface area (Å²) in [4.78, 5) is 25.5. The van der Waals surface area contributed by atoms with Crippen molar-refractivity contribution in [2.75, 3.05) is 24.2 Å². The largest absolute Gasteiger partial charge is 0.321 e. The number of carbonyl (C=O) groups is 2. The molecule has 27 heavy (non-hydrogen) atoms. The Morgan fingerprint density at radius 3 is 1.96 bits per heavy atom. The molecule has 0 aliphatic heterocycles. The fraction of sp³-hybridized carbons (Fsp3) is 0.364. The van der Waals surface area contributed by atoms with E-state index in [0.29, 0.717) is 5.92 Å². The predicted molar refractivity (Wildman–Crippen MR) is 110 cm³/mol. The maximum absolute atomic E-state index is 12.5. The van der Waals surface area contributed by atoms with Gasteiger partial charge in [-0.25, -0.2) is 0 Å². The second kappa shape index (κ2) is 9.33. The number of carbonyl (C=O) groups excluding carboxylic acids is 2. The number of amides is 2. The van der Waals surface area contributed by atoms with Gasteiger partial charge in [-0.05, 0) is 49.6 Å². The minimum Gasteiger partial charge on any atom is -0.321 e. The summed E-state index contributed by atoms with van der Waals surface area (Å²) < 4.78 is 0. The van der Waals surface area contributed by atoms with Crippen molar-refractivity contribution in [2.45, 2.75) is 39.7 Å². The van der Waals surface area contributed by atoms with E-state index in [1.807, 2.05) is 69.4 Å². The Morgan fingerprint density at radius 1 is 0.889 bits per heavy atom. The van der Waals surface area contributed by atoms with Crippen molar-refractivity contribution in [3.8, 4) is 0 Å². The zero-order valence-electron chi connectivity index (χ0n) is 16.8. The Balaban J connectivity index is 1.87. The monoisotopic (exact) mass is 368 g/mol. The highest BCUT2D eigenvalue weighted by Crippen LogP contribution is 2.17. The smallest absolute Gasteiger partial charge is 0.282 e. The number of anilines is 2. The third-order valence-corrected chi connectivity index (χ3v) is 4.75. The number of benzene rings is 2. The number of rotatable bonds is 7. The minimum atomic E-state index is -0.349. The Labute approximate surface area is 161 Å². The van der Waals surface area contributed by atoms with E-state index in [0.717, 1.165) is 21.8 Å². The van der Waals surface area contributed by atoms with Gasteiger partial charge in [0.15, 0.2) is 12.6 Å². The summed E-state index contributed by atoms with van der Waals surface area (Å²) in [6.07, 6.45) is 0. The van der Waals surface area contributed by atoms with Gasteiger partial charge >= 0.3 is 0 Å². The van der Waals surface area contributed by atoms with Crippen LogP contribution in [0.4, 0.5) is 11.4 Å². The molecular formula is C22H30N3O2+. The Kier molecular flexibility index (Phi) is 7.13. The number of nitrogens with one attached hydrogen (secondary N) is 3. The van der Waals surface area contributed by atoms with E-state index in [1.165, 1.54) is 5.56 Å². The second-order valence-corrected chi connectivity index (χ2v) is 7.42. The van der Waals surface area contributed by atoms with Crippen LogP contribution in [0.3, 0.4) is 0 Å². The molecule has 0 saturated carbocycles. The molecule has 3 N–H and O–H groups in total. The minimum absolute atomic E-state index is 0.104. The van der Waals surface area contributed by atoms with Crippen LogP contribution in [0.15, 0.2) is 48.5 Å². The maximum Gasteiger partial charge on any atom is 0.282 e. The SMILES string of the molecule is Cc1ccc(NC(=O)C[NH+](C)[C@H](C)C(=O)Nc2ccc(C(C)C)cc2)cc1. The van der Waals surface area contributed by atoms with Gasteiger partial charge in [0.1, 0.15) is 0 Å². The van der Waals surface area contributed by atoms with E-state index >= 15 is 0 Å². The number of likely N-dealkylation sites (N-methyl/N-ethyl adjacent to an activating group) is 1. The van der Waals surface area contributed by atoms with Crippen LogP contribution in [0.1, 0.15) is 37.8 Å². The lowest BCUT2D eigenvalue weighted by Gasteiger charge is -2.20. The lowest BCUT2D eigenvalue weighted by atomic mass is 10.0. The van der Waals surface area contributed by atoms with Crippen molar-refractivity contribution in [3.05, 3.63) is 59.7 Å². The molecule has 0 aliphatic rings. The highest BCUT2D eigenvalue weighted by atomic mass is 16.2. The average molecular weight is 369 g/mol. The van der Waals surface area contributed by atoms with Crippen LogP contribution in [0.5, 0.6) is 0 Å². The molecule has 0 bridgehead atoms. The van der Waals surface area contributed by atoms with Crippen LogP contribution < -0.4 is 15.5 Å². The van der Waals surface area contributed by atoms with Crippen LogP contribution in [-0.2, 0) is 9.59 Å². The van der Waals surface area contributed by atoms with Crippen LogP contribution in [0.2, 0.25) is 0 Å². The van der Waals surface area contributed by atoms with Gasteiger partial charge in [-0.1, -0.05) is 43.7 Å². The fourth-order valence-corrected chi connectivity index (χ4v) is 2.67. The molecule has 2 aromatic carbocycles. The van der Waals surface area contributed by atoms with E-state index in [-0.39, 0.29) is 24.4 Å². The predicted octanol–water partition coefficient (Wildman–Crippen LogP) is 2.60. The summed E-state index contributed by atoms with van der Waals surface area (Å²) in [5.74, 6) is 0.238. The van der Waals surface area contributed by atoms with Crippen molar-refractivity contribution >= 4 is 23.2 Å². The van der Waals surface area contributed by atoms with E-state index in [9.17, 15) is 9.59 Å². The summed E-state index contributed by atoms with van der Waals surface area (Å²) in [5.41, 5.74) is 3.91. The first-order valence-corrected chi connectivity index (χ1v) is 9.36. The van der Waals surface area contributed by atoms with E-state index < -0.39 is 0 Å². The normalized spacial score (nSPS) is 13.1. The summed E-state index contributed by atoms with van der Waals surface area (Å²) in [5, 5.41) is 5.80. The topological polar surface area (TPSA) is 62.6 Å². The molecule has 5 nitrogen and oxygen atoms in total. The number of hydrogen-bond donors (Lipinski definition) is 3. The van der Waals surface area contributed by atoms with Crippen LogP contribution >= 0.6 is 0 Å². The number of quaternary nitrogens is 1.